The van der Waals surface area contributed by atoms with E-state index in [0.29, 0.717) is 6.61 Å². The third-order valence-electron chi connectivity index (χ3n) is 5.46. The Balaban J connectivity index is 1.59. The summed E-state index contributed by atoms with van der Waals surface area (Å²) in [4.78, 5) is 4.96. The van der Waals surface area contributed by atoms with Gasteiger partial charge in [0.15, 0.2) is 0 Å². The Bertz CT molecular complexity index is 1140. The Labute approximate surface area is 173 Å². The molecule has 148 valence electrons. The molecule has 3 aromatic carbocycles. The molecule has 1 heterocycles. The molecule has 3 nitrogen and oxygen atoms in total. The molecule has 0 fully saturated rings. The predicted molar refractivity (Wildman–Crippen MR) is 121 cm³/mol. The largest absolute Gasteiger partial charge is 0.493 e. The maximum absolute atomic E-state index is 6.13. The van der Waals surface area contributed by atoms with Crippen molar-refractivity contribution in [3.63, 3.8) is 0 Å². The van der Waals surface area contributed by atoms with Crippen molar-refractivity contribution in [2.24, 2.45) is 0 Å². The van der Waals surface area contributed by atoms with Gasteiger partial charge in [-0.3, -0.25) is 0 Å². The molecule has 0 radical (unpaired) electrons. The number of fused-ring (bicyclic) bond motifs is 1. The van der Waals surface area contributed by atoms with Crippen LogP contribution in [-0.4, -0.2) is 16.2 Å². The molecule has 0 saturated heterocycles. The Kier molecular flexibility index (Phi) is 5.39. The molecule has 29 heavy (non-hydrogen) atoms. The van der Waals surface area contributed by atoms with E-state index in [4.69, 9.17) is 9.72 Å². The molecule has 0 amide bonds. The van der Waals surface area contributed by atoms with Crippen LogP contribution in [0.1, 0.15) is 28.7 Å². The Morgan fingerprint density at radius 1 is 0.828 bits per heavy atom. The van der Waals surface area contributed by atoms with Crippen LogP contribution in [0.2, 0.25) is 0 Å². The number of nitrogens with zero attached hydrogens (tertiary/aromatic N) is 2. The van der Waals surface area contributed by atoms with Crippen LogP contribution < -0.4 is 4.74 Å². The van der Waals surface area contributed by atoms with E-state index >= 15 is 0 Å². The number of hydrogen-bond donors (Lipinski definition) is 0. The molecule has 0 aliphatic heterocycles. The highest BCUT2D eigenvalue weighted by atomic mass is 16.5. The molecule has 0 spiro atoms. The highest BCUT2D eigenvalue weighted by Gasteiger charge is 2.14. The first-order valence-electron chi connectivity index (χ1n) is 10.3. The van der Waals surface area contributed by atoms with Gasteiger partial charge in [-0.05, 0) is 62.9 Å². The fourth-order valence-electron chi connectivity index (χ4n) is 4.00. The minimum atomic E-state index is 0.685. The van der Waals surface area contributed by atoms with Crippen molar-refractivity contribution in [1.82, 2.24) is 9.55 Å². The summed E-state index contributed by atoms with van der Waals surface area (Å²) in [6, 6.07) is 21.2. The summed E-state index contributed by atoms with van der Waals surface area (Å²) in [5, 5.41) is 0. The number of para-hydroxylation sites is 3. The molecule has 0 aliphatic carbocycles. The van der Waals surface area contributed by atoms with Crippen LogP contribution >= 0.6 is 0 Å². The Hall–Kier alpha value is -3.07. The molecule has 4 aromatic rings. The fourth-order valence-corrected chi connectivity index (χ4v) is 4.00. The van der Waals surface area contributed by atoms with Gasteiger partial charge in [-0.15, -0.1) is 0 Å². The van der Waals surface area contributed by atoms with Crippen LogP contribution in [0.5, 0.6) is 5.75 Å². The van der Waals surface area contributed by atoms with Crippen molar-refractivity contribution < 1.29 is 4.74 Å². The fraction of sp³-hybridized carbons (Fsp3) is 0.269. The quantitative estimate of drug-likeness (QED) is 0.359. The SMILES string of the molecule is Cc1ccc(-c2nc3ccccc3n2CCCOc2c(C)cccc2C)c(C)c1. The van der Waals surface area contributed by atoms with E-state index in [1.165, 1.54) is 33.3 Å². The molecule has 0 unspecified atom stereocenters. The van der Waals surface area contributed by atoms with E-state index in [1.807, 2.05) is 0 Å². The minimum absolute atomic E-state index is 0.685. The van der Waals surface area contributed by atoms with Gasteiger partial charge in [-0.25, -0.2) is 4.98 Å². The first-order valence-corrected chi connectivity index (χ1v) is 10.3. The summed E-state index contributed by atoms with van der Waals surface area (Å²) in [5.41, 5.74) is 8.32. The lowest BCUT2D eigenvalue weighted by molar-refractivity contribution is 0.299. The molecule has 0 N–H and O–H groups in total. The van der Waals surface area contributed by atoms with Crippen LogP contribution in [0.3, 0.4) is 0 Å². The zero-order valence-electron chi connectivity index (χ0n) is 17.7. The zero-order chi connectivity index (χ0) is 20.4. The van der Waals surface area contributed by atoms with Crippen LogP contribution in [0.15, 0.2) is 60.7 Å². The molecule has 0 atom stereocenters. The van der Waals surface area contributed by atoms with Crippen LogP contribution in [0, 0.1) is 27.7 Å². The van der Waals surface area contributed by atoms with Crippen molar-refractivity contribution in [3.05, 3.63) is 82.9 Å². The Morgan fingerprint density at radius 2 is 1.59 bits per heavy atom. The maximum Gasteiger partial charge on any atom is 0.141 e. The molecule has 4 rings (SSSR count). The van der Waals surface area contributed by atoms with E-state index in [0.717, 1.165) is 30.1 Å². The van der Waals surface area contributed by atoms with Gasteiger partial charge in [0.05, 0.1) is 17.6 Å². The second kappa shape index (κ2) is 8.12. The van der Waals surface area contributed by atoms with Crippen molar-refractivity contribution in [3.8, 4) is 17.1 Å². The lowest BCUT2D eigenvalue weighted by Gasteiger charge is -2.14. The highest BCUT2D eigenvalue weighted by molar-refractivity contribution is 5.81. The van der Waals surface area contributed by atoms with E-state index < -0.39 is 0 Å². The number of ether oxygens (including phenoxy) is 1. The van der Waals surface area contributed by atoms with Crippen LogP contribution in [0.25, 0.3) is 22.4 Å². The second-order valence-electron chi connectivity index (χ2n) is 7.82. The van der Waals surface area contributed by atoms with Crippen LogP contribution in [-0.2, 0) is 6.54 Å². The molecule has 0 bridgehead atoms. The molecule has 1 aromatic heterocycles. The average Bonchev–Trinajstić information content (AvgIpc) is 3.05. The average molecular weight is 385 g/mol. The van der Waals surface area contributed by atoms with Crippen LogP contribution in [0.4, 0.5) is 0 Å². The van der Waals surface area contributed by atoms with E-state index in [1.54, 1.807) is 0 Å². The summed E-state index contributed by atoms with van der Waals surface area (Å²) >= 11 is 0. The van der Waals surface area contributed by atoms with Gasteiger partial charge in [-0.2, -0.15) is 0 Å². The smallest absolute Gasteiger partial charge is 0.141 e. The highest BCUT2D eigenvalue weighted by Crippen LogP contribution is 2.28. The molecular formula is C26H28N2O. The van der Waals surface area contributed by atoms with Crippen molar-refractivity contribution in [1.29, 1.82) is 0 Å². The topological polar surface area (TPSA) is 27.1 Å². The molecule has 3 heteroatoms. The van der Waals surface area contributed by atoms with E-state index in [9.17, 15) is 0 Å². The van der Waals surface area contributed by atoms with Gasteiger partial charge in [0.25, 0.3) is 0 Å². The first-order chi connectivity index (χ1) is 14.0. The standard InChI is InChI=1S/C26H28N2O/c1-18-13-14-22(21(4)17-18)26-27-23-11-5-6-12-24(23)28(26)15-8-16-29-25-19(2)9-7-10-20(25)3/h5-7,9-14,17H,8,15-16H2,1-4H3. The number of benzene rings is 3. The summed E-state index contributed by atoms with van der Waals surface area (Å²) < 4.78 is 8.46. The predicted octanol–water partition coefficient (Wildman–Crippen LogP) is 6.41. The number of aryl methyl sites for hydroxylation is 5. The second-order valence-corrected chi connectivity index (χ2v) is 7.82. The van der Waals surface area contributed by atoms with Crippen molar-refractivity contribution in [2.75, 3.05) is 6.61 Å². The first kappa shape index (κ1) is 19.3. The normalized spacial score (nSPS) is 11.2. The zero-order valence-corrected chi connectivity index (χ0v) is 17.7. The molecule has 0 saturated carbocycles. The minimum Gasteiger partial charge on any atom is -0.493 e. The Morgan fingerprint density at radius 3 is 2.34 bits per heavy atom. The van der Waals surface area contributed by atoms with Gasteiger partial charge in [0, 0.05) is 12.1 Å². The number of rotatable bonds is 6. The van der Waals surface area contributed by atoms with Crippen molar-refractivity contribution in [2.45, 2.75) is 40.7 Å². The third kappa shape index (κ3) is 3.91. The molecule has 0 aliphatic rings. The van der Waals surface area contributed by atoms with E-state index in [2.05, 4.69) is 92.9 Å². The molecular weight excluding hydrogens is 356 g/mol. The van der Waals surface area contributed by atoms with Crippen molar-refractivity contribution >= 4 is 11.0 Å². The summed E-state index contributed by atoms with van der Waals surface area (Å²) in [6.07, 6.45) is 0.923. The summed E-state index contributed by atoms with van der Waals surface area (Å²) in [7, 11) is 0. The number of imidazole rings is 1. The number of hydrogen-bond acceptors (Lipinski definition) is 2. The maximum atomic E-state index is 6.13. The van der Waals surface area contributed by atoms with E-state index in [-0.39, 0.29) is 0 Å². The number of aromatic nitrogens is 2. The van der Waals surface area contributed by atoms with Gasteiger partial charge in [0.1, 0.15) is 11.6 Å². The van der Waals surface area contributed by atoms with Gasteiger partial charge in [-0.1, -0.05) is 54.1 Å². The summed E-state index contributed by atoms with van der Waals surface area (Å²) in [6.45, 7) is 10.0. The monoisotopic (exact) mass is 384 g/mol. The lowest BCUT2D eigenvalue weighted by atomic mass is 10.1. The van der Waals surface area contributed by atoms with Gasteiger partial charge < -0.3 is 9.30 Å². The summed E-state index contributed by atoms with van der Waals surface area (Å²) in [5.74, 6) is 2.05. The third-order valence-corrected chi connectivity index (χ3v) is 5.46. The lowest BCUT2D eigenvalue weighted by Crippen LogP contribution is -2.07. The van der Waals surface area contributed by atoms with Gasteiger partial charge in [0.2, 0.25) is 0 Å². The van der Waals surface area contributed by atoms with Gasteiger partial charge >= 0.3 is 0 Å².